The molecule has 0 saturated carbocycles. The van der Waals surface area contributed by atoms with Gasteiger partial charge < -0.3 is 9.13 Å². The van der Waals surface area contributed by atoms with Crippen molar-refractivity contribution in [2.45, 2.75) is 0 Å². The van der Waals surface area contributed by atoms with E-state index in [-0.39, 0.29) is 72.6 Å². The van der Waals surface area contributed by atoms with Crippen LogP contribution in [0.25, 0.3) is 142 Å². The first-order valence-electron chi connectivity index (χ1n) is 30.6. The van der Waals surface area contributed by atoms with Gasteiger partial charge in [-0.05, 0) is 78.7 Å². The minimum atomic E-state index is -0.677. The maximum absolute atomic E-state index is 10.5. The molecule has 10 aromatic carbocycles. The summed E-state index contributed by atoms with van der Waals surface area (Å²) in [6.07, 6.45) is 0. The van der Waals surface area contributed by atoms with E-state index in [1.807, 2.05) is 114 Å². The zero-order chi connectivity index (χ0) is 60.9. The maximum atomic E-state index is 10.5. The van der Waals surface area contributed by atoms with Gasteiger partial charge in [0.25, 0.3) is 0 Å². The molecule has 0 fully saturated rings. The average molecular weight is 964 g/mol. The van der Waals surface area contributed by atoms with Crippen LogP contribution >= 0.6 is 11.3 Å². The Hall–Kier alpha value is -9.88. The van der Waals surface area contributed by atoms with Crippen molar-refractivity contribution in [3.8, 4) is 40.7 Å². The standard InChI is InChI=1S/C64H36N8S/c65-37-38-32-34-54-47(36-38)44-21-6-8-23-48(44)69(54)55-29-15-30-56(70-49-24-9-5-20-43(49)45-33-35-58-59(61(45)70)46-22-7-14-31-57(46)73-58)60(55)62-66-63(71-50-25-10-1-16-39(50)40-17-2-11-26-51(40)71)68-64(67-62)72-52-27-12-3-18-41(52)42-19-4-13-28-53(42)72/h1-36H/i1D,2D,6D,8D,10D,11D,16D,17D,21D,23D,25D,26D,32D,34D,36D. The molecule has 0 unspecified atom stereocenters. The topological polar surface area (TPSA) is 82.2 Å². The molecule has 0 N–H and O–H groups in total. The van der Waals surface area contributed by atoms with Gasteiger partial charge in [0, 0.05) is 63.3 Å². The summed E-state index contributed by atoms with van der Waals surface area (Å²) in [4.78, 5) is 16.1. The Kier molecular flexibility index (Phi) is 5.80. The van der Waals surface area contributed by atoms with Gasteiger partial charge in [0.2, 0.25) is 11.9 Å². The summed E-state index contributed by atoms with van der Waals surface area (Å²) >= 11 is 1.61. The van der Waals surface area contributed by atoms with Gasteiger partial charge in [-0.15, -0.1) is 11.3 Å². The van der Waals surface area contributed by atoms with Gasteiger partial charge in [-0.2, -0.15) is 20.2 Å². The van der Waals surface area contributed by atoms with Crippen molar-refractivity contribution < 1.29 is 20.6 Å². The summed E-state index contributed by atoms with van der Waals surface area (Å²) in [6.45, 7) is 0. The van der Waals surface area contributed by atoms with Gasteiger partial charge in [0.1, 0.15) is 0 Å². The van der Waals surface area contributed by atoms with E-state index in [4.69, 9.17) is 21.8 Å². The van der Waals surface area contributed by atoms with Gasteiger partial charge in [0.15, 0.2) is 5.82 Å². The first-order chi connectivity index (χ1) is 42.4. The number of hydrogen-bond donors (Lipinski definition) is 0. The van der Waals surface area contributed by atoms with E-state index >= 15 is 0 Å². The molecular formula is C64H36N8S. The van der Waals surface area contributed by atoms with Crippen molar-refractivity contribution in [2.24, 2.45) is 0 Å². The van der Waals surface area contributed by atoms with Crippen LogP contribution in [0.3, 0.4) is 0 Å². The molecule has 6 heterocycles. The fourth-order valence-electron chi connectivity index (χ4n) is 10.9. The molecule has 0 atom stereocenters. The lowest BCUT2D eigenvalue weighted by Crippen LogP contribution is -2.12. The van der Waals surface area contributed by atoms with Crippen LogP contribution in [0.15, 0.2) is 218 Å². The highest BCUT2D eigenvalue weighted by molar-refractivity contribution is 7.26. The molecule has 338 valence electrons. The van der Waals surface area contributed by atoms with Crippen LogP contribution in [0.1, 0.15) is 26.1 Å². The summed E-state index contributed by atoms with van der Waals surface area (Å²) in [5, 5.41) is 14.7. The molecule has 0 amide bonds. The van der Waals surface area contributed by atoms with E-state index in [0.29, 0.717) is 22.2 Å². The van der Waals surface area contributed by atoms with Crippen molar-refractivity contribution >= 4 is 119 Å². The second-order valence-corrected chi connectivity index (χ2v) is 18.6. The molecule has 8 nitrogen and oxygen atoms in total. The number of benzene rings is 10. The van der Waals surface area contributed by atoms with Crippen LogP contribution in [0.5, 0.6) is 0 Å². The fourth-order valence-corrected chi connectivity index (χ4v) is 12.0. The molecule has 73 heavy (non-hydrogen) atoms. The molecule has 0 aliphatic heterocycles. The largest absolute Gasteiger partial charge is 0.308 e. The van der Waals surface area contributed by atoms with E-state index < -0.39 is 96.2 Å². The van der Waals surface area contributed by atoms with Gasteiger partial charge >= 0.3 is 0 Å². The predicted molar refractivity (Wildman–Crippen MR) is 300 cm³/mol. The van der Waals surface area contributed by atoms with Crippen LogP contribution in [-0.2, 0) is 0 Å². The average Bonchev–Trinajstić information content (AvgIpc) is 1.57. The third-order valence-corrected chi connectivity index (χ3v) is 14.9. The number of thiophene rings is 1. The highest BCUT2D eigenvalue weighted by Gasteiger charge is 2.28. The molecule has 0 spiro atoms. The second kappa shape index (κ2) is 15.1. The Bertz CT molecular complexity index is 5860. The fraction of sp³-hybridized carbons (Fsp3) is 0. The highest BCUT2D eigenvalue weighted by Crippen LogP contribution is 2.46. The minimum Gasteiger partial charge on any atom is -0.308 e. The summed E-state index contributed by atoms with van der Waals surface area (Å²) in [5.41, 5.74) is 1.65. The number of nitriles is 1. The number of hydrogen-bond acceptors (Lipinski definition) is 5. The molecule has 16 rings (SSSR count). The quantitative estimate of drug-likeness (QED) is 0.172. The first-order valence-corrected chi connectivity index (χ1v) is 23.9. The number of fused-ring (bicyclic) bond motifs is 16. The maximum Gasteiger partial charge on any atom is 0.240 e. The smallest absolute Gasteiger partial charge is 0.240 e. The zero-order valence-electron chi connectivity index (χ0n) is 52.6. The number of aromatic nitrogens is 7. The molecule has 0 bridgehead atoms. The van der Waals surface area contributed by atoms with Crippen molar-refractivity contribution in [3.63, 3.8) is 0 Å². The van der Waals surface area contributed by atoms with Gasteiger partial charge in [0.05, 0.1) is 93.3 Å². The van der Waals surface area contributed by atoms with Crippen LogP contribution in [0.4, 0.5) is 0 Å². The van der Waals surface area contributed by atoms with Crippen LogP contribution in [0.2, 0.25) is 0 Å². The lowest BCUT2D eigenvalue weighted by atomic mass is 10.1. The Morgan fingerprint density at radius 2 is 0.904 bits per heavy atom. The van der Waals surface area contributed by atoms with Crippen molar-refractivity contribution in [3.05, 3.63) is 224 Å². The van der Waals surface area contributed by atoms with Crippen molar-refractivity contribution in [1.82, 2.24) is 33.2 Å². The van der Waals surface area contributed by atoms with E-state index in [0.717, 1.165) is 47.2 Å². The van der Waals surface area contributed by atoms with Crippen molar-refractivity contribution in [2.75, 3.05) is 0 Å². The van der Waals surface area contributed by atoms with Crippen LogP contribution in [-0.4, -0.2) is 33.2 Å². The predicted octanol–water partition coefficient (Wildman–Crippen LogP) is 16.2. The van der Waals surface area contributed by atoms with Crippen LogP contribution in [0, 0.1) is 11.3 Å². The third kappa shape index (κ3) is 5.55. The summed E-state index contributed by atoms with van der Waals surface area (Å²) in [7, 11) is 0. The SMILES string of the molecule is [2H]c1c([2H])c([2H])c2c(c1[2H])c1c([2H])c([2H])c([2H])c([2H])c1n2-c1nc(-c2c(-n3c4c([2H])c([2H])c([2H])c([2H])c4c4c([2H])c(C#N)c([2H])c([2H])c43)cccc2-n2c3ccccc3c3ccc4sc5ccccc5c4c32)nc(-n2c3ccccc3c3ccccc32)n1. The van der Waals surface area contributed by atoms with E-state index in [1.54, 1.807) is 28.0 Å². The Morgan fingerprint density at radius 1 is 0.397 bits per heavy atom. The molecule has 0 saturated heterocycles. The van der Waals surface area contributed by atoms with Crippen LogP contribution < -0.4 is 0 Å². The van der Waals surface area contributed by atoms with Gasteiger partial charge in [-0.1, -0.05) is 139 Å². The Labute approximate surface area is 440 Å². The molecule has 0 radical (unpaired) electrons. The number of nitrogens with zero attached hydrogens (tertiary/aromatic N) is 8. The highest BCUT2D eigenvalue weighted by atomic mass is 32.1. The molecule has 16 aromatic rings. The minimum absolute atomic E-state index is 0.0456. The number of rotatable bonds is 5. The second-order valence-electron chi connectivity index (χ2n) is 17.5. The molecule has 6 aromatic heterocycles. The molecule has 0 aliphatic rings. The normalized spacial score (nSPS) is 15.0. The van der Waals surface area contributed by atoms with E-state index in [2.05, 4.69) is 12.1 Å². The third-order valence-electron chi connectivity index (χ3n) is 13.8. The summed E-state index contributed by atoms with van der Waals surface area (Å²) in [5.74, 6) is -0.670. The summed E-state index contributed by atoms with van der Waals surface area (Å²) in [6, 6.07) is 32.8. The van der Waals surface area contributed by atoms with Gasteiger partial charge in [-0.25, -0.2) is 0 Å². The molecule has 0 aliphatic carbocycles. The van der Waals surface area contributed by atoms with Crippen molar-refractivity contribution in [1.29, 1.82) is 5.26 Å². The number of para-hydroxylation sites is 6. The lowest BCUT2D eigenvalue weighted by molar-refractivity contribution is 0.891. The lowest BCUT2D eigenvalue weighted by Gasteiger charge is -2.20. The monoisotopic (exact) mass is 963 g/mol. The Balaban J connectivity index is 1.19. The molecular weight excluding hydrogens is 913 g/mol. The van der Waals surface area contributed by atoms with E-state index in [9.17, 15) is 19.0 Å². The first kappa shape index (κ1) is 28.1. The van der Waals surface area contributed by atoms with Gasteiger partial charge in [-0.3, -0.25) is 9.13 Å². The summed E-state index contributed by atoms with van der Waals surface area (Å²) < 4.78 is 148. The molecule has 9 heteroatoms. The Morgan fingerprint density at radius 3 is 1.55 bits per heavy atom. The zero-order valence-corrected chi connectivity index (χ0v) is 38.4. The van der Waals surface area contributed by atoms with E-state index in [1.165, 1.54) is 9.13 Å².